The van der Waals surface area contributed by atoms with Crippen LogP contribution in [0.5, 0.6) is 0 Å². The Morgan fingerprint density at radius 1 is 1.54 bits per heavy atom. The fourth-order valence-electron chi connectivity index (χ4n) is 1.60. The van der Waals surface area contributed by atoms with Crippen LogP contribution >= 0.6 is 0 Å². The van der Waals surface area contributed by atoms with Gasteiger partial charge in [0.25, 0.3) is 0 Å². The van der Waals surface area contributed by atoms with E-state index in [1.54, 1.807) is 14.0 Å². The first-order chi connectivity index (χ1) is 6.15. The molecule has 1 amide bonds. The Kier molecular flexibility index (Phi) is 3.69. The lowest BCUT2D eigenvalue weighted by atomic mass is 10.1. The summed E-state index contributed by atoms with van der Waals surface area (Å²) in [6.07, 6.45) is 2.17. The van der Waals surface area contributed by atoms with Crippen molar-refractivity contribution in [2.45, 2.75) is 31.9 Å². The van der Waals surface area contributed by atoms with Crippen molar-refractivity contribution >= 4 is 5.91 Å². The van der Waals surface area contributed by atoms with Gasteiger partial charge in [0, 0.05) is 20.2 Å². The first kappa shape index (κ1) is 10.5. The SMILES string of the molecule is COC1CCN(C(=O)[C@@H](C)N)CC1. The Hall–Kier alpha value is -0.610. The molecular weight excluding hydrogens is 168 g/mol. The van der Waals surface area contributed by atoms with Crippen LogP contribution in [0.4, 0.5) is 0 Å². The zero-order valence-electron chi connectivity index (χ0n) is 8.32. The van der Waals surface area contributed by atoms with Crippen molar-refractivity contribution in [3.8, 4) is 0 Å². The molecule has 0 saturated carbocycles. The number of hydrogen-bond acceptors (Lipinski definition) is 3. The third kappa shape index (κ3) is 2.67. The first-order valence-electron chi connectivity index (χ1n) is 4.72. The quantitative estimate of drug-likeness (QED) is 0.659. The van der Waals surface area contributed by atoms with Crippen LogP contribution < -0.4 is 5.73 Å². The van der Waals surface area contributed by atoms with Gasteiger partial charge in [-0.1, -0.05) is 0 Å². The van der Waals surface area contributed by atoms with Gasteiger partial charge in [-0.15, -0.1) is 0 Å². The molecule has 0 radical (unpaired) electrons. The summed E-state index contributed by atoms with van der Waals surface area (Å²) in [4.78, 5) is 13.3. The molecule has 1 atom stereocenters. The van der Waals surface area contributed by atoms with E-state index in [0.717, 1.165) is 25.9 Å². The molecule has 1 rings (SSSR count). The van der Waals surface area contributed by atoms with E-state index in [1.165, 1.54) is 0 Å². The van der Waals surface area contributed by atoms with Gasteiger partial charge in [-0.05, 0) is 19.8 Å². The van der Waals surface area contributed by atoms with Crippen molar-refractivity contribution in [2.24, 2.45) is 5.73 Å². The van der Waals surface area contributed by atoms with E-state index < -0.39 is 0 Å². The minimum Gasteiger partial charge on any atom is -0.381 e. The number of nitrogens with zero attached hydrogens (tertiary/aromatic N) is 1. The van der Waals surface area contributed by atoms with Gasteiger partial charge in [0.05, 0.1) is 12.1 Å². The van der Waals surface area contributed by atoms with Crippen LogP contribution in [0, 0.1) is 0 Å². The van der Waals surface area contributed by atoms with Gasteiger partial charge >= 0.3 is 0 Å². The van der Waals surface area contributed by atoms with Crippen LogP contribution in [-0.4, -0.2) is 43.2 Å². The van der Waals surface area contributed by atoms with Crippen molar-refractivity contribution < 1.29 is 9.53 Å². The second-order valence-corrected chi connectivity index (χ2v) is 3.55. The van der Waals surface area contributed by atoms with Crippen molar-refractivity contribution in [2.75, 3.05) is 20.2 Å². The number of nitrogens with two attached hydrogens (primary N) is 1. The predicted molar refractivity (Wildman–Crippen MR) is 50.3 cm³/mol. The number of rotatable bonds is 2. The Bertz CT molecular complexity index is 174. The molecule has 1 fully saturated rings. The van der Waals surface area contributed by atoms with E-state index in [0.29, 0.717) is 6.10 Å². The number of ether oxygens (including phenoxy) is 1. The molecule has 1 heterocycles. The first-order valence-corrected chi connectivity index (χ1v) is 4.72. The van der Waals surface area contributed by atoms with E-state index in [-0.39, 0.29) is 11.9 Å². The average molecular weight is 186 g/mol. The number of carbonyl (C=O) groups excluding carboxylic acids is 1. The third-order valence-electron chi connectivity index (χ3n) is 2.48. The summed E-state index contributed by atoms with van der Waals surface area (Å²) in [5.41, 5.74) is 5.51. The largest absolute Gasteiger partial charge is 0.381 e. The van der Waals surface area contributed by atoms with Crippen molar-refractivity contribution in [3.63, 3.8) is 0 Å². The van der Waals surface area contributed by atoms with Crippen LogP contribution in [0.2, 0.25) is 0 Å². The lowest BCUT2D eigenvalue weighted by Crippen LogP contribution is -2.47. The second-order valence-electron chi connectivity index (χ2n) is 3.55. The highest BCUT2D eigenvalue weighted by Crippen LogP contribution is 2.13. The van der Waals surface area contributed by atoms with Crippen molar-refractivity contribution in [1.29, 1.82) is 0 Å². The van der Waals surface area contributed by atoms with Crippen molar-refractivity contribution in [3.05, 3.63) is 0 Å². The van der Waals surface area contributed by atoms with E-state index >= 15 is 0 Å². The fourth-order valence-corrected chi connectivity index (χ4v) is 1.60. The average Bonchev–Trinajstić information content (AvgIpc) is 2.17. The number of likely N-dealkylation sites (tertiary alicyclic amines) is 1. The standard InChI is InChI=1S/C9H18N2O2/c1-7(10)9(12)11-5-3-8(13-2)4-6-11/h7-8H,3-6,10H2,1-2H3/t7-/m1/s1. The van der Waals surface area contributed by atoms with Crippen LogP contribution in [-0.2, 0) is 9.53 Å². The molecule has 1 aliphatic heterocycles. The second kappa shape index (κ2) is 4.58. The van der Waals surface area contributed by atoms with E-state index in [4.69, 9.17) is 10.5 Å². The maximum absolute atomic E-state index is 11.5. The van der Waals surface area contributed by atoms with Gasteiger partial charge in [-0.25, -0.2) is 0 Å². The van der Waals surface area contributed by atoms with Gasteiger partial charge in [0.2, 0.25) is 5.91 Å². The van der Waals surface area contributed by atoms with Gasteiger partial charge in [0.15, 0.2) is 0 Å². The van der Waals surface area contributed by atoms with E-state index in [2.05, 4.69) is 0 Å². The van der Waals surface area contributed by atoms with E-state index in [9.17, 15) is 4.79 Å². The van der Waals surface area contributed by atoms with Crippen LogP contribution in [0.3, 0.4) is 0 Å². The zero-order chi connectivity index (χ0) is 9.84. The normalized spacial score (nSPS) is 21.6. The Morgan fingerprint density at radius 2 is 2.08 bits per heavy atom. The van der Waals surface area contributed by atoms with Gasteiger partial charge in [0.1, 0.15) is 0 Å². The Morgan fingerprint density at radius 3 is 2.46 bits per heavy atom. The Balaban J connectivity index is 2.36. The minimum absolute atomic E-state index is 0.0505. The summed E-state index contributed by atoms with van der Waals surface area (Å²) < 4.78 is 5.21. The molecule has 0 aliphatic carbocycles. The number of hydrogen-bond donors (Lipinski definition) is 1. The molecule has 1 aliphatic rings. The van der Waals surface area contributed by atoms with Crippen molar-refractivity contribution in [1.82, 2.24) is 4.90 Å². The van der Waals surface area contributed by atoms with Crippen LogP contribution in [0.25, 0.3) is 0 Å². The molecule has 13 heavy (non-hydrogen) atoms. The minimum atomic E-state index is -0.376. The number of piperidine rings is 1. The van der Waals surface area contributed by atoms with Crippen LogP contribution in [0.15, 0.2) is 0 Å². The molecule has 76 valence electrons. The maximum Gasteiger partial charge on any atom is 0.239 e. The highest BCUT2D eigenvalue weighted by atomic mass is 16.5. The third-order valence-corrected chi connectivity index (χ3v) is 2.48. The van der Waals surface area contributed by atoms with Crippen LogP contribution in [0.1, 0.15) is 19.8 Å². The smallest absolute Gasteiger partial charge is 0.239 e. The topological polar surface area (TPSA) is 55.6 Å². The summed E-state index contributed by atoms with van der Waals surface area (Å²) in [6, 6.07) is -0.376. The molecular formula is C9H18N2O2. The highest BCUT2D eigenvalue weighted by Gasteiger charge is 2.23. The molecule has 2 N–H and O–H groups in total. The fraction of sp³-hybridized carbons (Fsp3) is 0.889. The number of carbonyl (C=O) groups is 1. The lowest BCUT2D eigenvalue weighted by molar-refractivity contribution is -0.134. The summed E-state index contributed by atoms with van der Waals surface area (Å²) in [5, 5.41) is 0. The predicted octanol–water partition coefficient (Wildman–Crippen LogP) is -0.0290. The summed E-state index contributed by atoms with van der Waals surface area (Å²) in [5.74, 6) is 0.0505. The molecule has 0 aromatic carbocycles. The molecule has 0 aromatic rings. The highest BCUT2D eigenvalue weighted by molar-refractivity contribution is 5.81. The van der Waals surface area contributed by atoms with Gasteiger partial charge < -0.3 is 15.4 Å². The number of amides is 1. The molecule has 0 aromatic heterocycles. The monoisotopic (exact) mass is 186 g/mol. The molecule has 0 spiro atoms. The van der Waals surface area contributed by atoms with E-state index in [1.807, 2.05) is 4.90 Å². The van der Waals surface area contributed by atoms with Gasteiger partial charge in [-0.2, -0.15) is 0 Å². The molecule has 1 saturated heterocycles. The zero-order valence-corrected chi connectivity index (χ0v) is 8.32. The molecule has 4 nitrogen and oxygen atoms in total. The summed E-state index contributed by atoms with van der Waals surface area (Å²) in [6.45, 7) is 3.28. The van der Waals surface area contributed by atoms with Gasteiger partial charge in [-0.3, -0.25) is 4.79 Å². The molecule has 0 bridgehead atoms. The Labute approximate surface area is 79.0 Å². The lowest BCUT2D eigenvalue weighted by Gasteiger charge is -2.32. The molecule has 4 heteroatoms. The molecule has 0 unspecified atom stereocenters. The summed E-state index contributed by atoms with van der Waals surface area (Å²) >= 11 is 0. The maximum atomic E-state index is 11.5. The summed E-state index contributed by atoms with van der Waals surface area (Å²) in [7, 11) is 1.72. The number of methoxy groups -OCH3 is 1.